The Balaban J connectivity index is 2.05. The molecule has 0 bridgehead atoms. The van der Waals surface area contributed by atoms with Crippen LogP contribution in [0.15, 0.2) is 72.8 Å². The Labute approximate surface area is 141 Å². The van der Waals surface area contributed by atoms with Crippen LogP contribution < -0.4 is 0 Å². The van der Waals surface area contributed by atoms with Gasteiger partial charge in [0.1, 0.15) is 0 Å². The van der Waals surface area contributed by atoms with Crippen molar-refractivity contribution >= 4 is 43.1 Å². The van der Waals surface area contributed by atoms with Crippen LogP contribution in [0, 0.1) is 13.8 Å². The molecule has 0 aliphatic rings. The van der Waals surface area contributed by atoms with Crippen molar-refractivity contribution in [3.8, 4) is 0 Å². The van der Waals surface area contributed by atoms with Crippen molar-refractivity contribution in [1.82, 2.24) is 0 Å². The van der Waals surface area contributed by atoms with Crippen molar-refractivity contribution in [2.75, 3.05) is 0 Å². The van der Waals surface area contributed by atoms with Gasteiger partial charge in [0.25, 0.3) is 0 Å². The van der Waals surface area contributed by atoms with E-state index in [2.05, 4.69) is 86.6 Å². The normalized spacial score (nSPS) is 11.8. The zero-order valence-electron chi connectivity index (χ0n) is 13.9. The summed E-state index contributed by atoms with van der Waals surface area (Å²) in [6.07, 6.45) is 0. The Bertz CT molecular complexity index is 1160. The van der Waals surface area contributed by atoms with Crippen LogP contribution in [-0.4, -0.2) is 0 Å². The molecule has 0 heterocycles. The van der Waals surface area contributed by atoms with Gasteiger partial charge in [-0.25, -0.2) is 0 Å². The predicted octanol–water partition coefficient (Wildman–Crippen LogP) is 6.92. The van der Waals surface area contributed by atoms with E-state index in [4.69, 9.17) is 0 Å². The van der Waals surface area contributed by atoms with Gasteiger partial charge in [0.2, 0.25) is 0 Å². The third-order valence-electron chi connectivity index (χ3n) is 5.25. The summed E-state index contributed by atoms with van der Waals surface area (Å²) in [7, 11) is 0. The molecular formula is C24H18. The first kappa shape index (κ1) is 13.6. The first-order valence-corrected chi connectivity index (χ1v) is 8.46. The van der Waals surface area contributed by atoms with E-state index in [-0.39, 0.29) is 0 Å². The molecule has 5 aromatic carbocycles. The highest BCUT2D eigenvalue weighted by atomic mass is 14.1. The molecule has 0 nitrogen and oxygen atoms in total. The Morgan fingerprint density at radius 3 is 1.21 bits per heavy atom. The summed E-state index contributed by atoms with van der Waals surface area (Å²) < 4.78 is 0. The van der Waals surface area contributed by atoms with E-state index < -0.39 is 0 Å². The molecular weight excluding hydrogens is 288 g/mol. The molecule has 0 aliphatic heterocycles. The van der Waals surface area contributed by atoms with Crippen molar-refractivity contribution in [2.45, 2.75) is 13.8 Å². The summed E-state index contributed by atoms with van der Waals surface area (Å²) in [5.41, 5.74) is 2.68. The van der Waals surface area contributed by atoms with E-state index in [9.17, 15) is 0 Å². The lowest BCUT2D eigenvalue weighted by Gasteiger charge is -2.12. The SMILES string of the molecule is Cc1cc2cc3c(cc(C)c4ccccc43)cc2c2ccccc12. The largest absolute Gasteiger partial charge is 0.0616 e. The van der Waals surface area contributed by atoms with Crippen LogP contribution in [0.1, 0.15) is 11.1 Å². The third-order valence-corrected chi connectivity index (χ3v) is 5.25. The van der Waals surface area contributed by atoms with Crippen LogP contribution >= 0.6 is 0 Å². The number of rotatable bonds is 0. The lowest BCUT2D eigenvalue weighted by Crippen LogP contribution is -1.86. The fraction of sp³-hybridized carbons (Fsp3) is 0.0833. The average molecular weight is 306 g/mol. The molecule has 0 aromatic heterocycles. The van der Waals surface area contributed by atoms with Gasteiger partial charge in [-0.15, -0.1) is 0 Å². The molecule has 0 unspecified atom stereocenters. The number of fused-ring (bicyclic) bond motifs is 6. The summed E-state index contributed by atoms with van der Waals surface area (Å²) >= 11 is 0. The topological polar surface area (TPSA) is 0 Å². The lowest BCUT2D eigenvalue weighted by molar-refractivity contribution is 1.55. The maximum Gasteiger partial charge on any atom is -0.00988 e. The summed E-state index contributed by atoms with van der Waals surface area (Å²) in [6, 6.07) is 26.8. The van der Waals surface area contributed by atoms with Crippen LogP contribution in [0.4, 0.5) is 0 Å². The van der Waals surface area contributed by atoms with Gasteiger partial charge in [0.15, 0.2) is 0 Å². The lowest BCUT2D eigenvalue weighted by atomic mass is 9.92. The Morgan fingerprint density at radius 1 is 0.417 bits per heavy atom. The van der Waals surface area contributed by atoms with Crippen LogP contribution in [0.3, 0.4) is 0 Å². The molecule has 0 aliphatic carbocycles. The van der Waals surface area contributed by atoms with Gasteiger partial charge in [-0.3, -0.25) is 0 Å². The summed E-state index contributed by atoms with van der Waals surface area (Å²) in [4.78, 5) is 0. The molecule has 5 aromatic rings. The zero-order valence-corrected chi connectivity index (χ0v) is 13.9. The second kappa shape index (κ2) is 4.82. The summed E-state index contributed by atoms with van der Waals surface area (Å²) in [5, 5.41) is 10.7. The molecule has 0 amide bonds. The van der Waals surface area contributed by atoms with Gasteiger partial charge in [0.05, 0.1) is 0 Å². The minimum absolute atomic E-state index is 1.33. The highest BCUT2D eigenvalue weighted by molar-refractivity contribution is 6.18. The van der Waals surface area contributed by atoms with Crippen molar-refractivity contribution in [2.24, 2.45) is 0 Å². The summed E-state index contributed by atoms with van der Waals surface area (Å²) in [5.74, 6) is 0. The molecule has 0 fully saturated rings. The van der Waals surface area contributed by atoms with E-state index in [0.29, 0.717) is 0 Å². The van der Waals surface area contributed by atoms with Crippen LogP contribution in [-0.2, 0) is 0 Å². The highest BCUT2D eigenvalue weighted by Gasteiger charge is 2.08. The fourth-order valence-electron chi connectivity index (χ4n) is 4.08. The molecule has 0 radical (unpaired) electrons. The third kappa shape index (κ3) is 1.80. The van der Waals surface area contributed by atoms with E-state index in [1.54, 1.807) is 0 Å². The van der Waals surface area contributed by atoms with Crippen molar-refractivity contribution in [3.63, 3.8) is 0 Å². The van der Waals surface area contributed by atoms with Gasteiger partial charge in [-0.05, 0) is 80.2 Å². The van der Waals surface area contributed by atoms with E-state index in [1.165, 1.54) is 54.2 Å². The van der Waals surface area contributed by atoms with Gasteiger partial charge < -0.3 is 0 Å². The van der Waals surface area contributed by atoms with Crippen molar-refractivity contribution in [3.05, 3.63) is 83.9 Å². The minimum Gasteiger partial charge on any atom is -0.0616 e. The second-order valence-electron chi connectivity index (χ2n) is 6.77. The fourth-order valence-corrected chi connectivity index (χ4v) is 4.08. The molecule has 24 heavy (non-hydrogen) atoms. The highest BCUT2D eigenvalue weighted by Crippen LogP contribution is 2.35. The molecule has 0 N–H and O–H groups in total. The van der Waals surface area contributed by atoms with Gasteiger partial charge in [0, 0.05) is 0 Å². The maximum absolute atomic E-state index is 2.37. The quantitative estimate of drug-likeness (QED) is 0.215. The monoisotopic (exact) mass is 306 g/mol. The Kier molecular flexibility index (Phi) is 2.72. The molecule has 0 heteroatoms. The second-order valence-corrected chi connectivity index (χ2v) is 6.77. The minimum atomic E-state index is 1.33. The predicted molar refractivity (Wildman–Crippen MR) is 106 cm³/mol. The zero-order chi connectivity index (χ0) is 16.3. The molecule has 0 spiro atoms. The molecule has 0 saturated carbocycles. The maximum atomic E-state index is 2.37. The molecule has 0 saturated heterocycles. The van der Waals surface area contributed by atoms with E-state index >= 15 is 0 Å². The first-order chi connectivity index (χ1) is 11.7. The van der Waals surface area contributed by atoms with E-state index in [0.717, 1.165) is 0 Å². The molecule has 0 atom stereocenters. The Hall–Kier alpha value is -2.86. The first-order valence-electron chi connectivity index (χ1n) is 8.46. The number of hydrogen-bond donors (Lipinski definition) is 0. The average Bonchev–Trinajstić information content (AvgIpc) is 2.62. The molecule has 114 valence electrons. The Morgan fingerprint density at radius 2 is 0.792 bits per heavy atom. The van der Waals surface area contributed by atoms with Crippen molar-refractivity contribution in [1.29, 1.82) is 0 Å². The number of hydrogen-bond acceptors (Lipinski definition) is 0. The van der Waals surface area contributed by atoms with Gasteiger partial charge >= 0.3 is 0 Å². The van der Waals surface area contributed by atoms with Crippen LogP contribution in [0.5, 0.6) is 0 Å². The molecule has 5 rings (SSSR count). The smallest absolute Gasteiger partial charge is 0.00988 e. The van der Waals surface area contributed by atoms with Gasteiger partial charge in [-0.2, -0.15) is 0 Å². The van der Waals surface area contributed by atoms with Crippen molar-refractivity contribution < 1.29 is 0 Å². The standard InChI is InChI=1S/C24H18/c1-15-11-17-13-24-18(12-16(2)20-8-4-6-10-22(20)24)14-23(17)21-9-5-3-7-19(15)21/h3-14H,1-2H3. The van der Waals surface area contributed by atoms with E-state index in [1.807, 2.05) is 0 Å². The van der Waals surface area contributed by atoms with Crippen LogP contribution in [0.2, 0.25) is 0 Å². The number of aryl methyl sites for hydroxylation is 2. The number of benzene rings is 5. The van der Waals surface area contributed by atoms with Gasteiger partial charge in [-0.1, -0.05) is 60.7 Å². The van der Waals surface area contributed by atoms with Crippen LogP contribution in [0.25, 0.3) is 43.1 Å². The summed E-state index contributed by atoms with van der Waals surface area (Å²) in [6.45, 7) is 4.42.